The lowest BCUT2D eigenvalue weighted by Gasteiger charge is -2.11. The van der Waals surface area contributed by atoms with Crippen LogP contribution in [0.15, 0.2) is 27.9 Å². The van der Waals surface area contributed by atoms with Crippen molar-refractivity contribution in [3.63, 3.8) is 0 Å². The van der Waals surface area contributed by atoms with E-state index in [0.717, 1.165) is 10.2 Å². The van der Waals surface area contributed by atoms with Crippen molar-refractivity contribution in [1.82, 2.24) is 4.98 Å². The molecular formula is C13H14BrN3O. The summed E-state index contributed by atoms with van der Waals surface area (Å²) in [5.41, 5.74) is 1.04. The third-order valence-corrected chi connectivity index (χ3v) is 4.18. The second-order valence-corrected chi connectivity index (χ2v) is 5.62. The van der Waals surface area contributed by atoms with Crippen LogP contribution in [0.25, 0.3) is 0 Å². The van der Waals surface area contributed by atoms with E-state index >= 15 is 0 Å². The highest BCUT2D eigenvalue weighted by Crippen LogP contribution is 2.32. The van der Waals surface area contributed by atoms with E-state index in [1.54, 1.807) is 6.20 Å². The Morgan fingerprint density at radius 3 is 2.83 bits per heavy atom. The lowest BCUT2D eigenvalue weighted by molar-refractivity contribution is -0.117. The van der Waals surface area contributed by atoms with Crippen molar-refractivity contribution < 1.29 is 4.79 Å². The summed E-state index contributed by atoms with van der Waals surface area (Å²) in [6, 6.07) is 3.70. The van der Waals surface area contributed by atoms with Gasteiger partial charge in [0.1, 0.15) is 0 Å². The average molecular weight is 308 g/mol. The maximum atomic E-state index is 12.0. The van der Waals surface area contributed by atoms with Crippen LogP contribution in [-0.2, 0) is 4.79 Å². The van der Waals surface area contributed by atoms with Gasteiger partial charge in [0.15, 0.2) is 5.82 Å². The van der Waals surface area contributed by atoms with Gasteiger partial charge in [-0.05, 0) is 46.8 Å². The van der Waals surface area contributed by atoms with Crippen LogP contribution in [0.3, 0.4) is 0 Å². The second-order valence-electron chi connectivity index (χ2n) is 4.76. The van der Waals surface area contributed by atoms with E-state index in [2.05, 4.69) is 26.0 Å². The maximum absolute atomic E-state index is 12.0. The predicted molar refractivity (Wildman–Crippen MR) is 73.4 cm³/mol. The molecule has 1 aromatic rings. The Balaban J connectivity index is 1.89. The summed E-state index contributed by atoms with van der Waals surface area (Å²) in [5.74, 6) is 1.12. The van der Waals surface area contributed by atoms with Crippen molar-refractivity contribution in [3.8, 4) is 0 Å². The van der Waals surface area contributed by atoms with Crippen molar-refractivity contribution >= 4 is 33.4 Å². The molecule has 2 aliphatic rings. The molecule has 3 rings (SSSR count). The number of anilines is 1. The molecule has 1 saturated carbocycles. The second kappa shape index (κ2) is 4.80. The third kappa shape index (κ3) is 2.07. The number of halogens is 1. The molecule has 18 heavy (non-hydrogen) atoms. The first-order valence-corrected chi connectivity index (χ1v) is 7.06. The van der Waals surface area contributed by atoms with Crippen LogP contribution in [0.1, 0.15) is 32.1 Å². The molecule has 0 bridgehead atoms. The van der Waals surface area contributed by atoms with Gasteiger partial charge < -0.3 is 0 Å². The van der Waals surface area contributed by atoms with Crippen molar-refractivity contribution in [2.75, 3.05) is 5.01 Å². The Kier molecular flexibility index (Phi) is 3.16. The summed E-state index contributed by atoms with van der Waals surface area (Å²) in [4.78, 5) is 16.3. The van der Waals surface area contributed by atoms with Gasteiger partial charge in [0.05, 0.1) is 16.6 Å². The zero-order valence-electron chi connectivity index (χ0n) is 9.97. The van der Waals surface area contributed by atoms with Crippen LogP contribution < -0.4 is 5.01 Å². The van der Waals surface area contributed by atoms with Gasteiger partial charge in [0, 0.05) is 6.20 Å². The molecule has 0 spiro atoms. The number of hydrazone groups is 1. The molecule has 1 fully saturated rings. The van der Waals surface area contributed by atoms with Crippen molar-refractivity contribution in [2.24, 2.45) is 11.0 Å². The molecular weight excluding hydrogens is 294 g/mol. The van der Waals surface area contributed by atoms with E-state index < -0.39 is 0 Å². The van der Waals surface area contributed by atoms with E-state index in [0.29, 0.717) is 18.2 Å². The van der Waals surface area contributed by atoms with Gasteiger partial charge in [-0.15, -0.1) is 0 Å². The van der Waals surface area contributed by atoms with Crippen LogP contribution in [0, 0.1) is 5.92 Å². The molecule has 94 valence electrons. The Labute approximate surface area is 114 Å². The van der Waals surface area contributed by atoms with Crippen molar-refractivity contribution in [2.45, 2.75) is 32.1 Å². The molecule has 0 aromatic carbocycles. The molecule has 0 radical (unpaired) electrons. The Morgan fingerprint density at radius 2 is 2.11 bits per heavy atom. The molecule has 0 atom stereocenters. The minimum atomic E-state index is 0.0244. The molecule has 0 unspecified atom stereocenters. The van der Waals surface area contributed by atoms with Gasteiger partial charge in [0.2, 0.25) is 0 Å². The highest BCUT2D eigenvalue weighted by Gasteiger charge is 2.32. The lowest BCUT2D eigenvalue weighted by Crippen LogP contribution is -2.21. The first-order valence-electron chi connectivity index (χ1n) is 6.26. The van der Waals surface area contributed by atoms with E-state index in [9.17, 15) is 4.79 Å². The number of pyridine rings is 1. The highest BCUT2D eigenvalue weighted by molar-refractivity contribution is 9.10. The van der Waals surface area contributed by atoms with Crippen molar-refractivity contribution in [1.29, 1.82) is 0 Å². The number of amides is 1. The van der Waals surface area contributed by atoms with Gasteiger partial charge in [-0.25, -0.2) is 4.98 Å². The number of carbonyl (C=O) groups excluding carboxylic acids is 1. The third-order valence-electron chi connectivity index (χ3n) is 3.56. The smallest absolute Gasteiger partial charge is 0.254 e. The summed E-state index contributed by atoms with van der Waals surface area (Å²) in [7, 11) is 0. The summed E-state index contributed by atoms with van der Waals surface area (Å²) in [5, 5.41) is 5.93. The molecule has 2 heterocycles. The highest BCUT2D eigenvalue weighted by atomic mass is 79.9. The Bertz CT molecular complexity index is 509. The normalized spacial score (nSPS) is 20.6. The van der Waals surface area contributed by atoms with Crippen LogP contribution in [0.2, 0.25) is 0 Å². The minimum absolute atomic E-state index is 0.0244. The van der Waals surface area contributed by atoms with Gasteiger partial charge in [0.25, 0.3) is 5.91 Å². The molecule has 1 aliphatic heterocycles. The van der Waals surface area contributed by atoms with Gasteiger partial charge >= 0.3 is 0 Å². The van der Waals surface area contributed by atoms with E-state index in [1.807, 2.05) is 12.1 Å². The first-order chi connectivity index (χ1) is 8.75. The van der Waals surface area contributed by atoms with Crippen molar-refractivity contribution in [3.05, 3.63) is 22.8 Å². The van der Waals surface area contributed by atoms with Gasteiger partial charge in [-0.3, -0.25) is 4.79 Å². The molecule has 1 amide bonds. The van der Waals surface area contributed by atoms with Gasteiger partial charge in [-0.1, -0.05) is 12.8 Å². The zero-order chi connectivity index (χ0) is 12.5. The quantitative estimate of drug-likeness (QED) is 0.842. The summed E-state index contributed by atoms with van der Waals surface area (Å²) < 4.78 is 0.801. The fraction of sp³-hybridized carbons (Fsp3) is 0.462. The first kappa shape index (κ1) is 11.8. The standard InChI is InChI=1S/C13H14BrN3O/c14-10-6-3-7-15-13(10)17-12(18)8-11(16-17)9-4-1-2-5-9/h3,6-7,9H,1-2,4-5,8H2. The van der Waals surface area contributed by atoms with Crippen LogP contribution in [-0.4, -0.2) is 16.6 Å². The number of hydrogen-bond donors (Lipinski definition) is 0. The fourth-order valence-electron chi connectivity index (χ4n) is 2.63. The maximum Gasteiger partial charge on any atom is 0.254 e. The number of nitrogens with zero attached hydrogens (tertiary/aromatic N) is 3. The minimum Gasteiger partial charge on any atom is -0.272 e. The van der Waals surface area contributed by atoms with E-state index in [4.69, 9.17) is 0 Å². The fourth-order valence-corrected chi connectivity index (χ4v) is 3.06. The Morgan fingerprint density at radius 1 is 1.33 bits per heavy atom. The summed E-state index contributed by atoms with van der Waals surface area (Å²) in [6.07, 6.45) is 6.98. The lowest BCUT2D eigenvalue weighted by atomic mass is 10.00. The number of hydrogen-bond acceptors (Lipinski definition) is 3. The Hall–Kier alpha value is -1.23. The molecule has 0 N–H and O–H groups in total. The molecule has 0 saturated heterocycles. The molecule has 5 heteroatoms. The number of rotatable bonds is 2. The van der Waals surface area contributed by atoms with E-state index in [-0.39, 0.29) is 5.91 Å². The SMILES string of the molecule is O=C1CC(C2CCCC2)=NN1c1ncccc1Br. The van der Waals surface area contributed by atoms with Crippen LogP contribution in [0.4, 0.5) is 5.82 Å². The molecule has 1 aromatic heterocycles. The predicted octanol–water partition coefficient (Wildman–Crippen LogP) is 3.13. The summed E-state index contributed by atoms with van der Waals surface area (Å²) >= 11 is 3.41. The average Bonchev–Trinajstić information content (AvgIpc) is 2.99. The number of aromatic nitrogens is 1. The summed E-state index contributed by atoms with van der Waals surface area (Å²) in [6.45, 7) is 0. The topological polar surface area (TPSA) is 45.6 Å². The molecule has 4 nitrogen and oxygen atoms in total. The monoisotopic (exact) mass is 307 g/mol. The number of carbonyl (C=O) groups is 1. The van der Waals surface area contributed by atoms with Crippen LogP contribution in [0.5, 0.6) is 0 Å². The van der Waals surface area contributed by atoms with Crippen LogP contribution >= 0.6 is 15.9 Å². The largest absolute Gasteiger partial charge is 0.272 e. The zero-order valence-corrected chi connectivity index (χ0v) is 11.6. The van der Waals surface area contributed by atoms with E-state index in [1.165, 1.54) is 30.7 Å². The van der Waals surface area contributed by atoms with Gasteiger partial charge in [-0.2, -0.15) is 10.1 Å². The molecule has 1 aliphatic carbocycles.